The molecule has 0 amide bonds. The van der Waals surface area contributed by atoms with Crippen molar-refractivity contribution in [3.63, 3.8) is 0 Å². The second-order valence-electron chi connectivity index (χ2n) is 7.05. The Balaban J connectivity index is 2.18. The Kier molecular flexibility index (Phi) is 4.54. The van der Waals surface area contributed by atoms with Gasteiger partial charge < -0.3 is 15.3 Å². The lowest BCUT2D eigenvalue weighted by Gasteiger charge is -2.55. The monoisotopic (exact) mass is 309 g/mol. The van der Waals surface area contributed by atoms with Gasteiger partial charge in [0.05, 0.1) is 31.6 Å². The molecule has 0 bridgehead atoms. The number of piperidine rings is 1. The van der Waals surface area contributed by atoms with Crippen LogP contribution in [0.5, 0.6) is 0 Å². The molecule has 0 aromatic heterocycles. The van der Waals surface area contributed by atoms with Gasteiger partial charge >= 0.3 is 12.1 Å². The van der Waals surface area contributed by atoms with E-state index in [2.05, 4.69) is 0 Å². The van der Waals surface area contributed by atoms with Crippen molar-refractivity contribution in [2.24, 2.45) is 17.6 Å². The van der Waals surface area contributed by atoms with Crippen LogP contribution in [0.15, 0.2) is 0 Å². The van der Waals surface area contributed by atoms with E-state index in [-0.39, 0.29) is 35.5 Å². The molecule has 0 aromatic carbocycles. The van der Waals surface area contributed by atoms with Crippen molar-refractivity contribution >= 4 is 5.97 Å². The van der Waals surface area contributed by atoms with E-state index in [1.807, 2.05) is 6.92 Å². The zero-order valence-corrected chi connectivity index (χ0v) is 12.3. The average molecular weight is 309 g/mol. The summed E-state index contributed by atoms with van der Waals surface area (Å²) < 4.78 is 39.1. The number of carbonyl (C=O) groups is 1. The predicted molar refractivity (Wildman–Crippen MR) is 71.4 cm³/mol. The van der Waals surface area contributed by atoms with Gasteiger partial charge in [0, 0.05) is 18.8 Å². The van der Waals surface area contributed by atoms with Crippen LogP contribution in [0.2, 0.25) is 0 Å². The summed E-state index contributed by atoms with van der Waals surface area (Å²) in [5.41, 5.74) is 5.97. The first-order valence-electron chi connectivity index (χ1n) is 7.49. The fraction of sp³-hybridized carbons (Fsp3) is 0.929. The zero-order chi connectivity index (χ0) is 15.8. The Labute approximate surface area is 122 Å². The van der Waals surface area contributed by atoms with Gasteiger partial charge in [0.1, 0.15) is 0 Å². The van der Waals surface area contributed by atoms with Crippen LogP contribution < -0.4 is 5.73 Å². The summed E-state index contributed by atoms with van der Waals surface area (Å²) >= 11 is 0. The fourth-order valence-corrected chi connectivity index (χ4v) is 4.25. The molecule has 1 aliphatic heterocycles. The lowest BCUT2D eigenvalue weighted by Crippen LogP contribution is -2.69. The van der Waals surface area contributed by atoms with E-state index >= 15 is 0 Å². The number of nitrogens with zero attached hydrogens (tertiary/aromatic N) is 1. The van der Waals surface area contributed by atoms with Crippen molar-refractivity contribution in [2.45, 2.75) is 50.9 Å². The molecule has 2 rings (SSSR count). The van der Waals surface area contributed by atoms with Gasteiger partial charge in [0.15, 0.2) is 6.54 Å². The summed E-state index contributed by atoms with van der Waals surface area (Å²) in [6, 6.07) is -0.370. The largest absolute Gasteiger partial charge is 0.481 e. The van der Waals surface area contributed by atoms with E-state index < -0.39 is 18.7 Å². The molecule has 21 heavy (non-hydrogen) atoms. The minimum Gasteiger partial charge on any atom is -0.481 e. The quantitative estimate of drug-likeness (QED) is 0.781. The highest BCUT2D eigenvalue weighted by Gasteiger charge is 2.53. The Morgan fingerprint density at radius 2 is 1.90 bits per heavy atom. The number of halogens is 3. The van der Waals surface area contributed by atoms with Crippen LogP contribution in [-0.4, -0.2) is 53.5 Å². The normalized spacial score (nSPS) is 40.6. The second kappa shape index (κ2) is 5.76. The number of nitrogens with two attached hydrogens (primary N) is 1. The lowest BCUT2D eigenvalue weighted by atomic mass is 9.76. The van der Waals surface area contributed by atoms with Crippen molar-refractivity contribution in [2.75, 3.05) is 19.6 Å². The number of carboxylic acids is 1. The minimum atomic E-state index is -4.25. The van der Waals surface area contributed by atoms with Crippen molar-refractivity contribution < 1.29 is 27.6 Å². The number of quaternary nitrogens is 1. The van der Waals surface area contributed by atoms with Gasteiger partial charge in [-0.3, -0.25) is 4.79 Å². The second-order valence-corrected chi connectivity index (χ2v) is 7.05. The number of hydrogen-bond acceptors (Lipinski definition) is 2. The van der Waals surface area contributed by atoms with E-state index in [1.54, 1.807) is 0 Å². The maximum Gasteiger partial charge on any atom is 0.438 e. The fourth-order valence-electron chi connectivity index (χ4n) is 4.25. The Morgan fingerprint density at radius 3 is 2.38 bits per heavy atom. The van der Waals surface area contributed by atoms with Gasteiger partial charge in [-0.05, 0) is 12.3 Å². The summed E-state index contributed by atoms with van der Waals surface area (Å²) in [5, 5.41) is 8.94. The summed E-state index contributed by atoms with van der Waals surface area (Å²) in [5.74, 6) is -0.764. The first kappa shape index (κ1) is 16.5. The van der Waals surface area contributed by atoms with Gasteiger partial charge in [-0.1, -0.05) is 6.92 Å². The van der Waals surface area contributed by atoms with Crippen LogP contribution in [0.3, 0.4) is 0 Å². The van der Waals surface area contributed by atoms with Crippen molar-refractivity contribution in [3.05, 3.63) is 0 Å². The van der Waals surface area contributed by atoms with Crippen LogP contribution in [0, 0.1) is 11.8 Å². The molecule has 4 nitrogen and oxygen atoms in total. The van der Waals surface area contributed by atoms with Gasteiger partial charge in [0.25, 0.3) is 0 Å². The molecule has 0 aromatic rings. The zero-order valence-electron chi connectivity index (χ0n) is 12.3. The minimum absolute atomic E-state index is 0.0238. The summed E-state index contributed by atoms with van der Waals surface area (Å²) in [6.45, 7) is 1.76. The predicted octanol–water partition coefficient (Wildman–Crippen LogP) is 1.99. The van der Waals surface area contributed by atoms with Crippen LogP contribution >= 0.6 is 0 Å². The molecule has 7 heteroatoms. The average Bonchev–Trinajstić information content (AvgIpc) is 2.19. The van der Waals surface area contributed by atoms with Crippen LogP contribution in [0.1, 0.15) is 32.6 Å². The Morgan fingerprint density at radius 1 is 1.29 bits per heavy atom. The van der Waals surface area contributed by atoms with Crippen LogP contribution in [-0.2, 0) is 4.79 Å². The molecule has 3 atom stereocenters. The maximum absolute atomic E-state index is 13.0. The maximum atomic E-state index is 13.0. The van der Waals surface area contributed by atoms with E-state index in [4.69, 9.17) is 10.8 Å². The lowest BCUT2D eigenvalue weighted by molar-refractivity contribution is -0.973. The molecule has 2 fully saturated rings. The molecule has 0 spiro atoms. The molecular formula is C14H24F3N2O2+. The molecule has 122 valence electrons. The highest BCUT2D eigenvalue weighted by Crippen LogP contribution is 2.42. The molecule has 1 saturated carbocycles. The van der Waals surface area contributed by atoms with Crippen molar-refractivity contribution in [3.8, 4) is 0 Å². The Hall–Kier alpha value is -0.820. The number of aliphatic carboxylic acids is 1. The summed E-state index contributed by atoms with van der Waals surface area (Å²) in [7, 11) is 0. The summed E-state index contributed by atoms with van der Waals surface area (Å²) in [6.07, 6.45) is -2.27. The smallest absolute Gasteiger partial charge is 0.438 e. The highest BCUT2D eigenvalue weighted by atomic mass is 19.4. The van der Waals surface area contributed by atoms with E-state index in [1.165, 1.54) is 0 Å². The standard InChI is InChI=1S/C14H23F3N2O2/c1-9-2-12(3-9)19(8-14(15,16)17)6-10(5-13(20)21)4-11(18)7-19/h9-12H,2-8,18H2,1H3/p+1. The first-order valence-corrected chi connectivity index (χ1v) is 7.49. The highest BCUT2D eigenvalue weighted by molar-refractivity contribution is 5.67. The van der Waals surface area contributed by atoms with Gasteiger partial charge in [-0.15, -0.1) is 0 Å². The molecule has 0 radical (unpaired) electrons. The first-order chi connectivity index (χ1) is 9.59. The van der Waals surface area contributed by atoms with Gasteiger partial charge in [-0.25, -0.2) is 0 Å². The molecule has 3 unspecified atom stereocenters. The number of carboxylic acid groups (broad SMARTS) is 1. The third-order valence-corrected chi connectivity index (χ3v) is 4.94. The topological polar surface area (TPSA) is 63.3 Å². The number of rotatable bonds is 4. The molecule has 2 aliphatic rings. The molecule has 1 aliphatic carbocycles. The SMILES string of the molecule is CC1CC([N+]2(CC(F)(F)F)CC(N)CC(CC(=O)O)C2)C1. The van der Waals surface area contributed by atoms with Gasteiger partial charge in [-0.2, -0.15) is 13.2 Å². The van der Waals surface area contributed by atoms with Crippen LogP contribution in [0.4, 0.5) is 13.2 Å². The molecular weight excluding hydrogens is 285 g/mol. The molecule has 1 heterocycles. The summed E-state index contributed by atoms with van der Waals surface area (Å²) in [4.78, 5) is 10.9. The Bertz CT molecular complexity index is 396. The third kappa shape index (κ3) is 4.10. The van der Waals surface area contributed by atoms with E-state index in [0.717, 1.165) is 12.8 Å². The molecule has 1 saturated heterocycles. The van der Waals surface area contributed by atoms with E-state index in [9.17, 15) is 18.0 Å². The molecule has 3 N–H and O–H groups in total. The number of alkyl halides is 3. The van der Waals surface area contributed by atoms with E-state index in [0.29, 0.717) is 18.9 Å². The van der Waals surface area contributed by atoms with Crippen LogP contribution in [0.25, 0.3) is 0 Å². The number of hydrogen-bond donors (Lipinski definition) is 2. The third-order valence-electron chi connectivity index (χ3n) is 4.94. The van der Waals surface area contributed by atoms with Crippen molar-refractivity contribution in [1.29, 1.82) is 0 Å². The van der Waals surface area contributed by atoms with Gasteiger partial charge in [0.2, 0.25) is 0 Å². The van der Waals surface area contributed by atoms with Crippen molar-refractivity contribution in [1.82, 2.24) is 0 Å². The number of likely N-dealkylation sites (tertiary alicyclic amines) is 1.